The fourth-order valence-corrected chi connectivity index (χ4v) is 7.94. The van der Waals surface area contributed by atoms with Crippen molar-refractivity contribution in [3.05, 3.63) is 120 Å². The number of carbonyl (C=O) groups is 1. The van der Waals surface area contributed by atoms with E-state index in [-0.39, 0.29) is 42.5 Å². The predicted molar refractivity (Wildman–Crippen MR) is 211 cm³/mol. The second kappa shape index (κ2) is 16.2. The van der Waals surface area contributed by atoms with E-state index in [1.165, 1.54) is 48.7 Å². The Kier molecular flexibility index (Phi) is 12.1. The second-order valence-corrected chi connectivity index (χ2v) is 15.0. The molecule has 4 nitrogen and oxygen atoms in total. The average molecular weight is 872 g/mol. The monoisotopic (exact) mass is 872 g/mol. The van der Waals surface area contributed by atoms with Crippen LogP contribution in [0.4, 0.5) is 0 Å². The SMILES string of the molecule is CCC(C)(CC)C(=O)/C=C(\O)C(C)(CC)CC.[Ir].[c-]1c(-c2nccc3sc4c(c23)-c2ncccc2CC4)cc(-c2ccccc2)c2ccccc12. The van der Waals surface area contributed by atoms with Crippen molar-refractivity contribution < 1.29 is 30.0 Å². The first-order chi connectivity index (χ1) is 24.2. The van der Waals surface area contributed by atoms with Crippen LogP contribution in [-0.2, 0) is 37.7 Å². The van der Waals surface area contributed by atoms with E-state index in [0.717, 1.165) is 60.9 Å². The number of ketones is 1. The quantitative estimate of drug-likeness (QED) is 0.0893. The molecule has 1 radical (unpaired) electrons. The molecule has 0 bridgehead atoms. The summed E-state index contributed by atoms with van der Waals surface area (Å²) in [5, 5.41) is 13.7. The summed E-state index contributed by atoms with van der Waals surface area (Å²) in [6.45, 7) is 12.1. The van der Waals surface area contributed by atoms with Gasteiger partial charge in [-0.15, -0.1) is 34.9 Å². The number of aryl methyl sites for hydroxylation is 2. The molecule has 1 aliphatic carbocycles. The zero-order chi connectivity index (χ0) is 35.5. The minimum Gasteiger partial charge on any atom is -0.512 e. The standard InChI is InChI=1S/C30H19N2S.C15H28O2.Ir/c1-2-7-19(8-3-1)24-18-22(17-21-9-4-5-11-23(21)24)30-28-26(14-16-32-30)33-25-13-12-20-10-6-15-31-29(20)27(25)28;1-7-14(5,8-2)12(16)11-13(17)15(6,9-3)10-4;/h1-11,14-16,18H,12-13H2;11,16H,7-10H2,1-6H3;/q-1;;/b;12-11-;. The second-order valence-electron chi connectivity index (χ2n) is 13.9. The molecule has 0 saturated heterocycles. The fraction of sp³-hybridized carbons (Fsp3) is 0.311. The Balaban J connectivity index is 0.000000242. The Hall–Kier alpha value is -3.96. The number of thiophene rings is 1. The van der Waals surface area contributed by atoms with Crippen LogP contribution in [0.3, 0.4) is 0 Å². The third kappa shape index (κ3) is 7.51. The normalized spacial score (nSPS) is 12.8. The molecule has 0 spiro atoms. The van der Waals surface area contributed by atoms with Crippen molar-refractivity contribution in [1.82, 2.24) is 9.97 Å². The van der Waals surface area contributed by atoms with E-state index in [1.54, 1.807) is 0 Å². The molecule has 3 aromatic carbocycles. The van der Waals surface area contributed by atoms with Gasteiger partial charge < -0.3 is 5.11 Å². The van der Waals surface area contributed by atoms with E-state index in [1.807, 2.05) is 71.3 Å². The maximum atomic E-state index is 12.2. The van der Waals surface area contributed by atoms with Gasteiger partial charge >= 0.3 is 0 Å². The van der Waals surface area contributed by atoms with Gasteiger partial charge in [0.2, 0.25) is 0 Å². The Morgan fingerprint density at radius 2 is 1.49 bits per heavy atom. The number of benzene rings is 3. The summed E-state index contributed by atoms with van der Waals surface area (Å²) in [5.74, 6) is 0.286. The van der Waals surface area contributed by atoms with E-state index >= 15 is 0 Å². The van der Waals surface area contributed by atoms with Crippen LogP contribution in [0.5, 0.6) is 0 Å². The minimum atomic E-state index is -0.337. The van der Waals surface area contributed by atoms with Gasteiger partial charge in [-0.25, -0.2) is 0 Å². The summed E-state index contributed by atoms with van der Waals surface area (Å²) in [6.07, 6.45) is 10.7. The first-order valence-electron chi connectivity index (χ1n) is 18.0. The zero-order valence-corrected chi connectivity index (χ0v) is 33.7. The molecule has 0 unspecified atom stereocenters. The van der Waals surface area contributed by atoms with E-state index < -0.39 is 0 Å². The van der Waals surface area contributed by atoms with Crippen LogP contribution in [0.25, 0.3) is 54.5 Å². The molecule has 0 amide bonds. The molecule has 0 saturated carbocycles. The van der Waals surface area contributed by atoms with Crippen molar-refractivity contribution in [2.75, 3.05) is 0 Å². The number of rotatable bonds is 9. The summed E-state index contributed by atoms with van der Waals surface area (Å²) in [7, 11) is 0. The zero-order valence-electron chi connectivity index (χ0n) is 30.5. The van der Waals surface area contributed by atoms with Crippen molar-refractivity contribution in [2.24, 2.45) is 10.8 Å². The van der Waals surface area contributed by atoms with Crippen molar-refractivity contribution in [3.63, 3.8) is 0 Å². The molecule has 6 aromatic rings. The molecule has 1 N–H and O–H groups in total. The van der Waals surface area contributed by atoms with Crippen molar-refractivity contribution in [3.8, 4) is 33.6 Å². The number of aromatic nitrogens is 2. The molecular formula is C45H47IrN2O2S-. The van der Waals surface area contributed by atoms with Crippen LogP contribution >= 0.6 is 11.3 Å². The van der Waals surface area contributed by atoms with Crippen molar-refractivity contribution in [1.29, 1.82) is 0 Å². The molecule has 0 fully saturated rings. The summed E-state index contributed by atoms with van der Waals surface area (Å²) >= 11 is 1.88. The molecule has 51 heavy (non-hydrogen) atoms. The molecule has 3 heterocycles. The topological polar surface area (TPSA) is 63.1 Å². The molecule has 3 aromatic heterocycles. The van der Waals surface area contributed by atoms with Crippen LogP contribution in [0.15, 0.2) is 103 Å². The third-order valence-corrected chi connectivity index (χ3v) is 12.4. The molecule has 265 valence electrons. The molecule has 0 aliphatic heterocycles. The Labute approximate surface area is 320 Å². The van der Waals surface area contributed by atoms with Gasteiger partial charge in [-0.3, -0.25) is 14.8 Å². The van der Waals surface area contributed by atoms with Gasteiger partial charge in [0.1, 0.15) is 5.76 Å². The van der Waals surface area contributed by atoms with Gasteiger partial charge in [0.15, 0.2) is 5.78 Å². The molecule has 0 atom stereocenters. The predicted octanol–water partition coefficient (Wildman–Crippen LogP) is 12.4. The van der Waals surface area contributed by atoms with Crippen molar-refractivity contribution >= 4 is 38.0 Å². The van der Waals surface area contributed by atoms with E-state index in [0.29, 0.717) is 0 Å². The molecular weight excluding hydrogens is 825 g/mol. The Morgan fingerprint density at radius 1 is 0.824 bits per heavy atom. The number of allylic oxidation sites excluding steroid dienone is 2. The first kappa shape index (κ1) is 38.3. The number of aliphatic hydroxyl groups is 1. The van der Waals surface area contributed by atoms with Crippen LogP contribution in [0, 0.1) is 16.9 Å². The molecule has 6 heteroatoms. The largest absolute Gasteiger partial charge is 0.512 e. The number of aliphatic hydroxyl groups excluding tert-OH is 1. The number of fused-ring (bicyclic) bond motifs is 6. The number of hydrogen-bond acceptors (Lipinski definition) is 5. The minimum absolute atomic E-state index is 0. The number of nitrogens with zero attached hydrogens (tertiary/aromatic N) is 2. The van der Waals surface area contributed by atoms with Crippen LogP contribution in [-0.4, -0.2) is 20.9 Å². The third-order valence-electron chi connectivity index (χ3n) is 11.1. The van der Waals surface area contributed by atoms with E-state index in [2.05, 4.69) is 78.9 Å². The van der Waals surface area contributed by atoms with Gasteiger partial charge in [-0.1, -0.05) is 113 Å². The van der Waals surface area contributed by atoms with Crippen LogP contribution in [0.1, 0.15) is 77.7 Å². The van der Waals surface area contributed by atoms with Crippen molar-refractivity contribution in [2.45, 2.75) is 80.1 Å². The summed E-state index contributed by atoms with van der Waals surface area (Å²) in [5.41, 5.74) is 7.54. The van der Waals surface area contributed by atoms with Gasteiger partial charge in [0.25, 0.3) is 0 Å². The van der Waals surface area contributed by atoms with Crippen LogP contribution < -0.4 is 0 Å². The van der Waals surface area contributed by atoms with E-state index in [4.69, 9.17) is 9.97 Å². The smallest absolute Gasteiger partial charge is 0.164 e. The van der Waals surface area contributed by atoms with E-state index in [9.17, 15) is 9.90 Å². The number of hydrogen-bond donors (Lipinski definition) is 1. The maximum absolute atomic E-state index is 12.2. The fourth-order valence-electron chi connectivity index (χ4n) is 6.74. The number of pyridine rings is 2. The Bertz CT molecular complexity index is 2180. The average Bonchev–Trinajstić information content (AvgIpc) is 3.57. The van der Waals surface area contributed by atoms with Gasteiger partial charge in [-0.2, -0.15) is 0 Å². The van der Waals surface area contributed by atoms with Crippen LogP contribution in [0.2, 0.25) is 0 Å². The van der Waals surface area contributed by atoms with Gasteiger partial charge in [-0.05, 0) is 67.2 Å². The van der Waals surface area contributed by atoms with Gasteiger partial charge in [0, 0.05) is 70.2 Å². The molecule has 1 aliphatic rings. The summed E-state index contributed by atoms with van der Waals surface area (Å²) in [6, 6.07) is 31.4. The summed E-state index contributed by atoms with van der Waals surface area (Å²) < 4.78 is 1.27. The number of carbonyl (C=O) groups excluding carboxylic acids is 1. The molecule has 7 rings (SSSR count). The van der Waals surface area contributed by atoms with Gasteiger partial charge in [0.05, 0.1) is 5.69 Å². The maximum Gasteiger partial charge on any atom is 0.164 e. The summed E-state index contributed by atoms with van der Waals surface area (Å²) in [4.78, 5) is 23.3. The first-order valence-corrected chi connectivity index (χ1v) is 18.8. The Morgan fingerprint density at radius 3 is 2.20 bits per heavy atom.